The number of nitrogens with zero attached hydrogens (tertiary/aromatic N) is 1. The van der Waals surface area contributed by atoms with Gasteiger partial charge in [-0.05, 0) is 137 Å². The number of hydrogen-bond donors (Lipinski definition) is 6. The van der Waals surface area contributed by atoms with Crippen molar-refractivity contribution < 1.29 is 34.3 Å². The first-order valence-corrected chi connectivity index (χ1v) is 27.4. The quantitative estimate of drug-likeness (QED) is 0.0436. The lowest BCUT2D eigenvalue weighted by Crippen LogP contribution is -2.43. The predicted octanol–water partition coefficient (Wildman–Crippen LogP) is 10.8. The first-order chi connectivity index (χ1) is 31.6. The summed E-state index contributed by atoms with van der Waals surface area (Å²) in [6, 6.07) is 9.76. The molecule has 2 aromatic carbocycles. The summed E-state index contributed by atoms with van der Waals surface area (Å²) in [6.45, 7) is 2.84. The van der Waals surface area contributed by atoms with Gasteiger partial charge >= 0.3 is 0 Å². The first-order valence-electron chi connectivity index (χ1n) is 24.9. The van der Waals surface area contributed by atoms with Crippen molar-refractivity contribution in [2.24, 2.45) is 28.2 Å². The third-order valence-corrected chi connectivity index (χ3v) is 18.0. The molecule has 360 valence electrons. The summed E-state index contributed by atoms with van der Waals surface area (Å²) in [5.74, 6) is 3.69. The molecule has 0 unspecified atom stereocenters. The number of likely N-dealkylation sites (N-methyl/N-ethyl adjacent to an activating group) is 1. The number of rotatable bonds is 15. The van der Waals surface area contributed by atoms with Crippen LogP contribution in [0.1, 0.15) is 146 Å². The van der Waals surface area contributed by atoms with E-state index in [1.165, 1.54) is 6.42 Å². The summed E-state index contributed by atoms with van der Waals surface area (Å²) < 4.78 is 18.9. The summed E-state index contributed by atoms with van der Waals surface area (Å²) in [6.07, 6.45) is 23.9. The van der Waals surface area contributed by atoms with Crippen LogP contribution in [0, 0.1) is 23.2 Å². The number of fused-ring (bicyclic) bond motifs is 4. The maximum Gasteiger partial charge on any atom is 0.196 e. The number of ketones is 1. The summed E-state index contributed by atoms with van der Waals surface area (Å²) >= 11 is 0. The van der Waals surface area contributed by atoms with Crippen LogP contribution < -0.4 is 25.4 Å². The van der Waals surface area contributed by atoms with Gasteiger partial charge in [-0.1, -0.05) is 98.4 Å². The number of hydrogen-bond acceptors (Lipinski definition) is 11. The molecule has 1 heterocycles. The minimum absolute atomic E-state index is 0.0540. The lowest BCUT2D eigenvalue weighted by atomic mass is 9.66. The molecule has 6 atom stereocenters. The monoisotopic (exact) mass is 935 g/mol. The van der Waals surface area contributed by atoms with Crippen LogP contribution in [0.4, 0.5) is 5.69 Å². The topological polar surface area (TPSA) is 154 Å². The van der Waals surface area contributed by atoms with E-state index >= 15 is 4.79 Å². The number of phenols is 2. The second-order valence-corrected chi connectivity index (χ2v) is 22.4. The van der Waals surface area contributed by atoms with E-state index in [-0.39, 0.29) is 46.6 Å². The molecule has 11 nitrogen and oxygen atoms in total. The average molecular weight is 935 g/mol. The Morgan fingerprint density at radius 1 is 0.954 bits per heavy atom. The second-order valence-electron chi connectivity index (χ2n) is 19.9. The molecule has 13 heteroatoms. The molecule has 4 aliphatic carbocycles. The molecule has 0 amide bonds. The molecular weight excluding hydrogens is 857 g/mol. The number of allylic oxidation sites excluding steroid dienone is 2. The number of guanidine groups is 1. The number of benzene rings is 2. The third kappa shape index (κ3) is 12.0. The van der Waals surface area contributed by atoms with Crippen molar-refractivity contribution in [3.05, 3.63) is 53.6 Å². The Morgan fingerprint density at radius 3 is 2.52 bits per heavy atom. The fourth-order valence-corrected chi connectivity index (χ4v) is 14.5. The molecule has 2 bridgehead atoms. The Balaban J connectivity index is 1.26. The van der Waals surface area contributed by atoms with Gasteiger partial charge in [0.1, 0.15) is 5.60 Å². The Labute approximate surface area is 396 Å². The van der Waals surface area contributed by atoms with Gasteiger partial charge in [0.2, 0.25) is 0 Å². The van der Waals surface area contributed by atoms with Crippen LogP contribution in [-0.4, -0.2) is 84.4 Å². The molecule has 4 fully saturated rings. The van der Waals surface area contributed by atoms with Gasteiger partial charge in [0, 0.05) is 36.6 Å². The normalized spacial score (nSPS) is 29.2. The standard InChI is InChI=1S/C52H78N4O7S2/c1-5-6-8-14-38-19-21-46(58)52(32-36-18-20-43(57)44(27-36)61-4)25-13-15-39(52)33-64-65-35-55-49(54-3)56-42-29-40(51(38)23-11-12-24-51)30-45(48(42)60)63-50(34-53-2)26-22-37(31-50)28-47(59)62-41-16-9-7-10-17-41/h18-21,27,29-30,37-39,41,47,53,57,59-60H,5-17,22-26,28,31-35H2,1-4H3,(H2,54,55,56)/b21-19+/t37-,38+,39-,47+,50-,52+/m0/s1. The predicted molar refractivity (Wildman–Crippen MR) is 266 cm³/mol. The number of aliphatic hydroxyl groups is 1. The lowest BCUT2D eigenvalue weighted by Gasteiger charge is -2.39. The Hall–Kier alpha value is -3.10. The van der Waals surface area contributed by atoms with E-state index in [1.807, 2.05) is 25.3 Å². The van der Waals surface area contributed by atoms with Crippen molar-refractivity contribution in [3.63, 3.8) is 0 Å². The van der Waals surface area contributed by atoms with E-state index in [4.69, 9.17) is 14.2 Å². The fraction of sp³-hybridized carbons (Fsp3) is 0.692. The van der Waals surface area contributed by atoms with Crippen LogP contribution in [0.5, 0.6) is 23.0 Å². The van der Waals surface area contributed by atoms with E-state index in [9.17, 15) is 15.3 Å². The highest BCUT2D eigenvalue weighted by Crippen LogP contribution is 2.54. The number of aliphatic hydroxyl groups excluding tert-OH is 1. The average Bonchev–Trinajstić information content (AvgIpc) is 4.06. The van der Waals surface area contributed by atoms with Crippen LogP contribution in [0.25, 0.3) is 0 Å². The molecule has 4 saturated carbocycles. The van der Waals surface area contributed by atoms with Gasteiger partial charge in [-0.2, -0.15) is 0 Å². The van der Waals surface area contributed by atoms with Gasteiger partial charge in [-0.25, -0.2) is 0 Å². The van der Waals surface area contributed by atoms with Crippen molar-refractivity contribution in [3.8, 4) is 23.0 Å². The van der Waals surface area contributed by atoms with Crippen LogP contribution in [0.2, 0.25) is 0 Å². The maximum atomic E-state index is 15.2. The molecule has 1 spiro atoms. The van der Waals surface area contributed by atoms with E-state index in [0.29, 0.717) is 48.4 Å². The van der Waals surface area contributed by atoms with E-state index < -0.39 is 17.3 Å². The van der Waals surface area contributed by atoms with Crippen molar-refractivity contribution in [2.45, 2.75) is 165 Å². The fourth-order valence-electron chi connectivity index (χ4n) is 12.3. The van der Waals surface area contributed by atoms with Crippen molar-refractivity contribution in [2.75, 3.05) is 44.7 Å². The zero-order chi connectivity index (χ0) is 45.9. The largest absolute Gasteiger partial charge is 0.504 e. The van der Waals surface area contributed by atoms with E-state index in [2.05, 4.69) is 46.1 Å². The number of aliphatic imine (C=N–C) groups is 1. The molecule has 0 saturated heterocycles. The molecule has 5 aliphatic rings. The first kappa shape index (κ1) is 49.8. The second kappa shape index (κ2) is 23.3. The van der Waals surface area contributed by atoms with Gasteiger partial charge in [-0.15, -0.1) is 0 Å². The molecule has 7 rings (SSSR count). The van der Waals surface area contributed by atoms with Crippen molar-refractivity contribution >= 4 is 39.0 Å². The smallest absolute Gasteiger partial charge is 0.196 e. The summed E-state index contributed by atoms with van der Waals surface area (Å²) in [5.41, 5.74) is 1.21. The number of anilines is 1. The number of carbonyl (C=O) groups excluding carboxylic acids is 1. The van der Waals surface area contributed by atoms with E-state index in [1.54, 1.807) is 41.8 Å². The molecule has 2 aromatic rings. The number of aromatic hydroxyl groups is 2. The van der Waals surface area contributed by atoms with Gasteiger partial charge < -0.3 is 45.5 Å². The maximum absolute atomic E-state index is 15.2. The lowest BCUT2D eigenvalue weighted by molar-refractivity contribution is -0.152. The Bertz CT molecular complexity index is 1940. The number of methoxy groups -OCH3 is 1. The number of unbranched alkanes of at least 4 members (excludes halogenated alkanes) is 2. The van der Waals surface area contributed by atoms with Crippen molar-refractivity contribution in [1.82, 2.24) is 10.6 Å². The summed E-state index contributed by atoms with van der Waals surface area (Å²) in [4.78, 5) is 19.8. The van der Waals surface area contributed by atoms with Gasteiger partial charge in [0.15, 0.2) is 41.0 Å². The molecule has 0 aromatic heterocycles. The summed E-state index contributed by atoms with van der Waals surface area (Å²) in [7, 11) is 8.77. The highest BCUT2D eigenvalue weighted by molar-refractivity contribution is 8.76. The zero-order valence-corrected chi connectivity index (χ0v) is 41.3. The van der Waals surface area contributed by atoms with Gasteiger partial charge in [0.25, 0.3) is 0 Å². The number of nitrogens with one attached hydrogen (secondary N) is 3. The van der Waals surface area contributed by atoms with Crippen LogP contribution >= 0.6 is 21.6 Å². The molecule has 6 N–H and O–H groups in total. The van der Waals surface area contributed by atoms with Crippen LogP contribution in [-0.2, 0) is 21.4 Å². The van der Waals surface area contributed by atoms with Crippen LogP contribution in [0.3, 0.4) is 0 Å². The Morgan fingerprint density at radius 2 is 1.77 bits per heavy atom. The number of phenolic OH excluding ortho intramolecular Hbond substituents is 2. The Kier molecular flexibility index (Phi) is 17.8. The molecule has 65 heavy (non-hydrogen) atoms. The number of ether oxygens (including phenoxy) is 3. The zero-order valence-electron chi connectivity index (χ0n) is 39.6. The number of carbonyl (C=O) groups is 1. The summed E-state index contributed by atoms with van der Waals surface area (Å²) in [5, 5.41) is 44.2. The van der Waals surface area contributed by atoms with Crippen molar-refractivity contribution in [1.29, 1.82) is 0 Å². The van der Waals surface area contributed by atoms with Crippen LogP contribution in [0.15, 0.2) is 47.5 Å². The molecule has 1 aliphatic heterocycles. The molecular formula is C52H78N4O7S2. The highest BCUT2D eigenvalue weighted by Gasteiger charge is 2.49. The van der Waals surface area contributed by atoms with E-state index in [0.717, 1.165) is 132 Å². The molecule has 0 radical (unpaired) electrons. The third-order valence-electron chi connectivity index (χ3n) is 15.7. The SMILES string of the molecule is CCCCC[C@@H]1/C=C/C(=O)[C@@]2(Cc3ccc(O)c(OC)c3)CCC[C@H]2CSSCNC(=NC)Nc2cc(cc(O[C@@]3(CNC)CC[C@@H](C[C@H](O)OC4CCCCC4)C3)c2O)C12CCCC2. The highest BCUT2D eigenvalue weighted by atomic mass is 33.1. The minimum atomic E-state index is -0.793. The van der Waals surface area contributed by atoms with Gasteiger partial charge in [-0.3, -0.25) is 9.79 Å². The van der Waals surface area contributed by atoms with Gasteiger partial charge in [0.05, 0.1) is 24.8 Å². The minimum Gasteiger partial charge on any atom is -0.504 e.